The van der Waals surface area contributed by atoms with Gasteiger partial charge in [-0.15, -0.1) is 0 Å². The van der Waals surface area contributed by atoms with Crippen LogP contribution in [0.15, 0.2) is 54.7 Å². The Hall–Kier alpha value is -2.88. The van der Waals surface area contributed by atoms with Crippen LogP contribution in [0.5, 0.6) is 5.75 Å². The molecular weight excluding hydrogens is 288 g/mol. The van der Waals surface area contributed by atoms with Crippen molar-refractivity contribution in [3.05, 3.63) is 65.9 Å². The minimum atomic E-state index is -0.179. The molecule has 2 heterocycles. The number of para-hydroxylation sites is 1. The summed E-state index contributed by atoms with van der Waals surface area (Å²) in [4.78, 5) is 18.9. The van der Waals surface area contributed by atoms with E-state index in [1.54, 1.807) is 17.2 Å². The molecule has 1 aromatic heterocycles. The van der Waals surface area contributed by atoms with Crippen molar-refractivity contribution in [3.8, 4) is 5.75 Å². The number of carbonyl (C=O) groups excluding carboxylic acids is 1. The second-order valence-corrected chi connectivity index (χ2v) is 5.73. The monoisotopic (exact) mass is 304 g/mol. The molecule has 114 valence electrons. The van der Waals surface area contributed by atoms with Gasteiger partial charge in [0.05, 0.1) is 5.56 Å². The molecule has 1 aliphatic heterocycles. The predicted molar refractivity (Wildman–Crippen MR) is 89.8 cm³/mol. The molecule has 0 aliphatic carbocycles. The van der Waals surface area contributed by atoms with Gasteiger partial charge in [-0.2, -0.15) is 0 Å². The third kappa shape index (κ3) is 2.23. The number of carbonyl (C=O) groups is 1. The van der Waals surface area contributed by atoms with E-state index in [-0.39, 0.29) is 11.7 Å². The summed E-state index contributed by atoms with van der Waals surface area (Å²) in [6.07, 6.45) is 3.52. The maximum absolute atomic E-state index is 13.0. The van der Waals surface area contributed by atoms with Crippen molar-refractivity contribution < 1.29 is 9.90 Å². The smallest absolute Gasteiger partial charge is 0.262 e. The van der Waals surface area contributed by atoms with Crippen LogP contribution in [-0.4, -0.2) is 22.5 Å². The van der Waals surface area contributed by atoms with E-state index >= 15 is 0 Å². The standard InChI is InChI=1S/C19H16N2O2/c22-18-15(10-9-14-6-3-11-20-17(14)18)19(23)21-12-4-7-13-5-1-2-8-16(13)21/h1-3,5-6,8-11,22H,4,7,12H2. The Kier molecular flexibility index (Phi) is 3.23. The summed E-state index contributed by atoms with van der Waals surface area (Å²) in [6.45, 7) is 0.662. The average molecular weight is 304 g/mol. The molecule has 0 saturated heterocycles. The number of phenolic OH excluding ortho intramolecular Hbond substituents is 1. The topological polar surface area (TPSA) is 53.4 Å². The van der Waals surface area contributed by atoms with Gasteiger partial charge in [-0.05, 0) is 36.6 Å². The second-order valence-electron chi connectivity index (χ2n) is 5.73. The highest BCUT2D eigenvalue weighted by atomic mass is 16.3. The van der Waals surface area contributed by atoms with Gasteiger partial charge in [0.1, 0.15) is 5.52 Å². The lowest BCUT2D eigenvalue weighted by atomic mass is 10.0. The van der Waals surface area contributed by atoms with E-state index < -0.39 is 0 Å². The molecule has 1 aliphatic rings. The molecule has 2 aromatic carbocycles. The number of fused-ring (bicyclic) bond motifs is 2. The normalized spacial score (nSPS) is 13.8. The molecule has 0 atom stereocenters. The van der Waals surface area contributed by atoms with E-state index in [9.17, 15) is 9.90 Å². The first-order chi connectivity index (χ1) is 11.3. The van der Waals surface area contributed by atoms with E-state index in [2.05, 4.69) is 11.1 Å². The van der Waals surface area contributed by atoms with Crippen molar-refractivity contribution in [3.63, 3.8) is 0 Å². The van der Waals surface area contributed by atoms with Crippen molar-refractivity contribution in [2.75, 3.05) is 11.4 Å². The fourth-order valence-corrected chi connectivity index (χ4v) is 3.19. The second kappa shape index (κ2) is 5.39. The van der Waals surface area contributed by atoms with E-state index in [0.29, 0.717) is 17.6 Å². The molecule has 0 saturated carbocycles. The van der Waals surface area contributed by atoms with Crippen molar-refractivity contribution in [2.24, 2.45) is 0 Å². The van der Waals surface area contributed by atoms with Gasteiger partial charge in [0, 0.05) is 23.8 Å². The highest BCUT2D eigenvalue weighted by Crippen LogP contribution is 2.32. The van der Waals surface area contributed by atoms with Crippen molar-refractivity contribution in [1.29, 1.82) is 0 Å². The van der Waals surface area contributed by atoms with Gasteiger partial charge in [0.25, 0.3) is 5.91 Å². The van der Waals surface area contributed by atoms with Crippen LogP contribution in [0, 0.1) is 0 Å². The molecule has 3 aromatic rings. The van der Waals surface area contributed by atoms with Crippen LogP contribution < -0.4 is 4.90 Å². The quantitative estimate of drug-likeness (QED) is 0.748. The van der Waals surface area contributed by atoms with Gasteiger partial charge in [-0.1, -0.05) is 30.3 Å². The number of benzene rings is 2. The fourth-order valence-electron chi connectivity index (χ4n) is 3.19. The first kappa shape index (κ1) is 13.8. The summed E-state index contributed by atoms with van der Waals surface area (Å²) in [7, 11) is 0. The fraction of sp³-hybridized carbons (Fsp3) is 0.158. The Labute approximate surface area is 134 Å². The van der Waals surface area contributed by atoms with Crippen LogP contribution in [0.2, 0.25) is 0 Å². The highest BCUT2D eigenvalue weighted by molar-refractivity contribution is 6.11. The number of aryl methyl sites for hydroxylation is 1. The van der Waals surface area contributed by atoms with Crippen molar-refractivity contribution >= 4 is 22.5 Å². The zero-order valence-corrected chi connectivity index (χ0v) is 12.6. The molecule has 4 heteroatoms. The first-order valence-electron chi connectivity index (χ1n) is 7.72. The molecule has 0 unspecified atom stereocenters. The minimum Gasteiger partial charge on any atom is -0.505 e. The number of pyridine rings is 1. The Balaban J connectivity index is 1.80. The zero-order valence-electron chi connectivity index (χ0n) is 12.6. The number of phenols is 1. The van der Waals surface area contributed by atoms with Gasteiger partial charge in [-0.3, -0.25) is 9.78 Å². The summed E-state index contributed by atoms with van der Waals surface area (Å²) >= 11 is 0. The summed E-state index contributed by atoms with van der Waals surface area (Å²) < 4.78 is 0. The Bertz CT molecular complexity index is 905. The van der Waals surface area contributed by atoms with Crippen LogP contribution in [-0.2, 0) is 6.42 Å². The maximum atomic E-state index is 13.0. The van der Waals surface area contributed by atoms with Crippen LogP contribution in [0.25, 0.3) is 10.9 Å². The van der Waals surface area contributed by atoms with Crippen LogP contribution in [0.1, 0.15) is 22.3 Å². The summed E-state index contributed by atoms with van der Waals surface area (Å²) in [5, 5.41) is 11.3. The SMILES string of the molecule is O=C(c1ccc2cccnc2c1O)N1CCCc2ccccc21. The van der Waals surface area contributed by atoms with Gasteiger partial charge in [-0.25, -0.2) is 0 Å². The maximum Gasteiger partial charge on any atom is 0.262 e. The Morgan fingerprint density at radius 1 is 1.09 bits per heavy atom. The van der Waals surface area contributed by atoms with Crippen LogP contribution in [0.3, 0.4) is 0 Å². The number of amides is 1. The highest BCUT2D eigenvalue weighted by Gasteiger charge is 2.25. The molecule has 0 radical (unpaired) electrons. The molecule has 1 N–H and O–H groups in total. The first-order valence-corrected chi connectivity index (χ1v) is 7.72. The predicted octanol–water partition coefficient (Wildman–Crippen LogP) is 3.53. The van der Waals surface area contributed by atoms with Crippen molar-refractivity contribution in [1.82, 2.24) is 4.98 Å². The molecule has 4 nitrogen and oxygen atoms in total. The number of rotatable bonds is 1. The van der Waals surface area contributed by atoms with E-state index in [1.165, 1.54) is 5.56 Å². The summed E-state index contributed by atoms with van der Waals surface area (Å²) in [6, 6.07) is 15.1. The Morgan fingerprint density at radius 3 is 2.87 bits per heavy atom. The van der Waals surface area contributed by atoms with Crippen LogP contribution in [0.4, 0.5) is 5.69 Å². The Morgan fingerprint density at radius 2 is 1.96 bits per heavy atom. The number of aromatic nitrogens is 1. The number of hydrogen-bond acceptors (Lipinski definition) is 3. The lowest BCUT2D eigenvalue weighted by Crippen LogP contribution is -2.35. The molecule has 0 bridgehead atoms. The lowest BCUT2D eigenvalue weighted by Gasteiger charge is -2.29. The largest absolute Gasteiger partial charge is 0.505 e. The average Bonchev–Trinajstić information content (AvgIpc) is 2.61. The molecule has 1 amide bonds. The molecule has 0 fully saturated rings. The number of anilines is 1. The third-order valence-corrected chi connectivity index (χ3v) is 4.33. The zero-order chi connectivity index (χ0) is 15.8. The molecule has 0 spiro atoms. The van der Waals surface area contributed by atoms with E-state index in [4.69, 9.17) is 0 Å². The number of aromatic hydroxyl groups is 1. The van der Waals surface area contributed by atoms with E-state index in [0.717, 1.165) is 23.9 Å². The van der Waals surface area contributed by atoms with Crippen molar-refractivity contribution in [2.45, 2.75) is 12.8 Å². The van der Waals surface area contributed by atoms with Gasteiger partial charge in [0.2, 0.25) is 0 Å². The van der Waals surface area contributed by atoms with Gasteiger partial charge < -0.3 is 10.0 Å². The summed E-state index contributed by atoms with van der Waals surface area (Å²) in [5.74, 6) is -0.224. The number of nitrogens with zero attached hydrogens (tertiary/aromatic N) is 2. The molecule has 4 rings (SSSR count). The van der Waals surface area contributed by atoms with E-state index in [1.807, 2.05) is 36.4 Å². The van der Waals surface area contributed by atoms with Gasteiger partial charge in [0.15, 0.2) is 5.75 Å². The molecule has 23 heavy (non-hydrogen) atoms. The lowest BCUT2D eigenvalue weighted by molar-refractivity contribution is 0.0982. The van der Waals surface area contributed by atoms with Gasteiger partial charge >= 0.3 is 0 Å². The minimum absolute atomic E-state index is 0.0452. The number of hydrogen-bond donors (Lipinski definition) is 1. The third-order valence-electron chi connectivity index (χ3n) is 4.33. The van der Waals surface area contributed by atoms with Crippen LogP contribution >= 0.6 is 0 Å². The summed E-state index contributed by atoms with van der Waals surface area (Å²) in [5.41, 5.74) is 2.87. The molecular formula is C19H16N2O2.